The van der Waals surface area contributed by atoms with E-state index in [0.29, 0.717) is 19.6 Å². The fraction of sp³-hybridized carbons (Fsp3) is 0.250. The molecule has 0 fully saturated rings. The predicted molar refractivity (Wildman–Crippen MR) is 93.7 cm³/mol. The maximum absolute atomic E-state index is 5.74. The zero-order valence-corrected chi connectivity index (χ0v) is 13.4. The molecule has 1 aliphatic rings. The Hall–Kier alpha value is -2.09. The first-order chi connectivity index (χ1) is 11.3. The van der Waals surface area contributed by atoms with Gasteiger partial charge in [-0.05, 0) is 24.3 Å². The van der Waals surface area contributed by atoms with Gasteiger partial charge >= 0.3 is 0 Å². The smallest absolute Gasteiger partial charge is 0.110 e. The Morgan fingerprint density at radius 2 is 2.09 bits per heavy atom. The molecule has 0 bridgehead atoms. The van der Waals surface area contributed by atoms with Crippen molar-refractivity contribution in [3.63, 3.8) is 0 Å². The quantitative estimate of drug-likeness (QED) is 0.518. The number of fused-ring (bicyclic) bond motifs is 2. The SMILES string of the molecule is NCCNc1ccc2c3c(nn2CCN)-c2cccnc2Sc13. The van der Waals surface area contributed by atoms with Crippen molar-refractivity contribution in [2.75, 3.05) is 25.0 Å². The molecule has 1 aromatic carbocycles. The van der Waals surface area contributed by atoms with E-state index in [9.17, 15) is 0 Å². The Morgan fingerprint density at radius 3 is 2.91 bits per heavy atom. The highest BCUT2D eigenvalue weighted by atomic mass is 32.2. The molecule has 0 atom stereocenters. The van der Waals surface area contributed by atoms with Crippen molar-refractivity contribution in [2.24, 2.45) is 11.5 Å². The van der Waals surface area contributed by atoms with Crippen LogP contribution in [0.4, 0.5) is 5.69 Å². The van der Waals surface area contributed by atoms with Gasteiger partial charge in [-0.1, -0.05) is 11.8 Å². The van der Waals surface area contributed by atoms with Gasteiger partial charge in [0.25, 0.3) is 0 Å². The molecular formula is C16H18N6S. The molecule has 118 valence electrons. The lowest BCUT2D eigenvalue weighted by molar-refractivity contribution is 0.648. The molecule has 4 rings (SSSR count). The molecule has 0 saturated carbocycles. The minimum Gasteiger partial charge on any atom is -0.383 e. The number of nitrogens with one attached hydrogen (secondary N) is 1. The molecular weight excluding hydrogens is 308 g/mol. The number of anilines is 1. The number of nitrogens with two attached hydrogens (primary N) is 2. The van der Waals surface area contributed by atoms with Crippen molar-refractivity contribution < 1.29 is 0 Å². The largest absolute Gasteiger partial charge is 0.383 e. The second-order valence-corrected chi connectivity index (χ2v) is 6.37. The molecule has 6 nitrogen and oxygen atoms in total. The lowest BCUT2D eigenvalue weighted by atomic mass is 10.1. The van der Waals surface area contributed by atoms with E-state index in [-0.39, 0.29) is 0 Å². The third-order valence-corrected chi connectivity index (χ3v) is 5.04. The van der Waals surface area contributed by atoms with Crippen LogP contribution in [-0.4, -0.2) is 34.4 Å². The second kappa shape index (κ2) is 5.84. The summed E-state index contributed by atoms with van der Waals surface area (Å²) in [6.07, 6.45) is 1.82. The van der Waals surface area contributed by atoms with E-state index in [2.05, 4.69) is 28.5 Å². The van der Waals surface area contributed by atoms with E-state index in [1.807, 2.05) is 16.9 Å². The van der Waals surface area contributed by atoms with Crippen LogP contribution in [0.2, 0.25) is 0 Å². The lowest BCUT2D eigenvalue weighted by Crippen LogP contribution is -2.14. The van der Waals surface area contributed by atoms with Gasteiger partial charge in [-0.3, -0.25) is 4.68 Å². The Morgan fingerprint density at radius 1 is 1.17 bits per heavy atom. The summed E-state index contributed by atoms with van der Waals surface area (Å²) in [5.74, 6) is 0. The molecule has 1 aliphatic heterocycles. The zero-order valence-electron chi connectivity index (χ0n) is 12.6. The van der Waals surface area contributed by atoms with E-state index < -0.39 is 0 Å². The number of rotatable bonds is 5. The van der Waals surface area contributed by atoms with Gasteiger partial charge in [-0.15, -0.1) is 0 Å². The summed E-state index contributed by atoms with van der Waals surface area (Å²) >= 11 is 1.68. The number of hydrogen-bond acceptors (Lipinski definition) is 6. The van der Waals surface area contributed by atoms with Crippen molar-refractivity contribution in [2.45, 2.75) is 16.5 Å². The molecule has 7 heteroatoms. The van der Waals surface area contributed by atoms with E-state index in [4.69, 9.17) is 16.6 Å². The van der Waals surface area contributed by atoms with Crippen molar-refractivity contribution in [3.8, 4) is 11.3 Å². The van der Waals surface area contributed by atoms with Crippen LogP contribution in [-0.2, 0) is 6.54 Å². The van der Waals surface area contributed by atoms with Crippen LogP contribution >= 0.6 is 11.8 Å². The number of nitrogens with zero attached hydrogens (tertiary/aromatic N) is 3. The third kappa shape index (κ3) is 2.28. The minimum absolute atomic E-state index is 0.561. The molecule has 2 aromatic heterocycles. The molecule has 0 radical (unpaired) electrons. The number of hydrogen-bond donors (Lipinski definition) is 3. The molecule has 23 heavy (non-hydrogen) atoms. The average molecular weight is 326 g/mol. The van der Waals surface area contributed by atoms with Crippen LogP contribution in [0.1, 0.15) is 0 Å². The second-order valence-electron chi connectivity index (χ2n) is 5.37. The summed E-state index contributed by atoms with van der Waals surface area (Å²) in [5.41, 5.74) is 15.6. The summed E-state index contributed by atoms with van der Waals surface area (Å²) in [5, 5.41) is 10.4. The molecule has 0 spiro atoms. The molecule has 0 saturated heterocycles. The topological polar surface area (TPSA) is 94.8 Å². The fourth-order valence-corrected chi connectivity index (χ4v) is 4.06. The normalized spacial score (nSPS) is 12.4. The summed E-state index contributed by atoms with van der Waals surface area (Å²) in [6.45, 7) is 2.59. The Balaban J connectivity index is 1.98. The highest BCUT2D eigenvalue weighted by Gasteiger charge is 2.26. The Kier molecular flexibility index (Phi) is 3.68. The van der Waals surface area contributed by atoms with Crippen LogP contribution in [0, 0.1) is 0 Å². The van der Waals surface area contributed by atoms with Gasteiger partial charge in [0.15, 0.2) is 0 Å². The fourth-order valence-electron chi connectivity index (χ4n) is 2.92. The van der Waals surface area contributed by atoms with Crippen molar-refractivity contribution >= 4 is 28.4 Å². The van der Waals surface area contributed by atoms with Crippen LogP contribution in [0.5, 0.6) is 0 Å². The standard InChI is InChI=1S/C16H18N6S/c17-5-8-19-11-3-4-12-13-14(21-22(12)9-6-18)10-2-1-7-20-16(10)23-15(11)13/h1-4,7,19H,5-6,8-9,17-18H2. The maximum atomic E-state index is 5.74. The van der Waals surface area contributed by atoms with Gasteiger partial charge in [-0.25, -0.2) is 4.98 Å². The number of aromatic nitrogens is 3. The van der Waals surface area contributed by atoms with E-state index >= 15 is 0 Å². The first-order valence-electron chi connectivity index (χ1n) is 7.64. The number of benzene rings is 1. The summed E-state index contributed by atoms with van der Waals surface area (Å²) in [4.78, 5) is 5.69. The van der Waals surface area contributed by atoms with Crippen molar-refractivity contribution in [1.29, 1.82) is 0 Å². The summed E-state index contributed by atoms with van der Waals surface area (Å²) < 4.78 is 1.99. The highest BCUT2D eigenvalue weighted by Crippen LogP contribution is 2.49. The van der Waals surface area contributed by atoms with Gasteiger partial charge in [0.05, 0.1) is 12.1 Å². The lowest BCUT2D eigenvalue weighted by Gasteiger charge is -2.18. The Bertz CT molecular complexity index is 872. The van der Waals surface area contributed by atoms with E-state index in [0.717, 1.165) is 34.0 Å². The monoisotopic (exact) mass is 326 g/mol. The predicted octanol–water partition coefficient (Wildman–Crippen LogP) is 1.89. The van der Waals surface area contributed by atoms with Gasteiger partial charge < -0.3 is 16.8 Å². The maximum Gasteiger partial charge on any atom is 0.110 e. The first-order valence-corrected chi connectivity index (χ1v) is 8.46. The molecule has 0 unspecified atom stereocenters. The summed E-state index contributed by atoms with van der Waals surface area (Å²) in [7, 11) is 0. The van der Waals surface area contributed by atoms with Crippen LogP contribution in [0.15, 0.2) is 40.4 Å². The molecule has 0 amide bonds. The van der Waals surface area contributed by atoms with Gasteiger partial charge in [0.1, 0.15) is 10.7 Å². The molecule has 0 aliphatic carbocycles. The highest BCUT2D eigenvalue weighted by molar-refractivity contribution is 7.99. The summed E-state index contributed by atoms with van der Waals surface area (Å²) in [6, 6.07) is 8.22. The molecule has 3 heterocycles. The Labute approximate surface area is 138 Å². The first kappa shape index (κ1) is 14.5. The minimum atomic E-state index is 0.561. The van der Waals surface area contributed by atoms with Crippen LogP contribution in [0.25, 0.3) is 22.2 Å². The van der Waals surface area contributed by atoms with Crippen LogP contribution < -0.4 is 16.8 Å². The zero-order chi connectivity index (χ0) is 15.8. The van der Waals surface area contributed by atoms with Crippen molar-refractivity contribution in [3.05, 3.63) is 30.5 Å². The van der Waals surface area contributed by atoms with Crippen LogP contribution in [0.3, 0.4) is 0 Å². The van der Waals surface area contributed by atoms with E-state index in [1.165, 1.54) is 10.3 Å². The van der Waals surface area contributed by atoms with E-state index in [1.54, 1.807) is 11.8 Å². The van der Waals surface area contributed by atoms with Gasteiger partial charge in [-0.2, -0.15) is 5.10 Å². The third-order valence-electron chi connectivity index (χ3n) is 3.90. The van der Waals surface area contributed by atoms with Gasteiger partial charge in [0, 0.05) is 47.4 Å². The molecule has 5 N–H and O–H groups in total. The molecule has 3 aromatic rings. The van der Waals surface area contributed by atoms with Gasteiger partial charge in [0.2, 0.25) is 0 Å². The number of pyridine rings is 1. The van der Waals surface area contributed by atoms with Crippen molar-refractivity contribution in [1.82, 2.24) is 14.8 Å². The average Bonchev–Trinajstić information content (AvgIpc) is 2.95.